The standard InChI is InChI=1S/C21H24BNO7/c24-10-3-11-28-17-8-6-15(7-9-17)12-20(25)23-21(30-22(26)27)13-16-14-29-19-5-2-1-4-18(16)19/h1-2,4-9,14,21,24,26-27H,3,10-13H2,(H,23,25)/t21-/m1/s1. The summed E-state index contributed by atoms with van der Waals surface area (Å²) in [5, 5.41) is 30.7. The number of amides is 1. The number of para-hydroxylation sites is 1. The number of carbonyl (C=O) groups is 1. The molecule has 8 nitrogen and oxygen atoms in total. The molecule has 158 valence electrons. The molecule has 0 aliphatic carbocycles. The average Bonchev–Trinajstić information content (AvgIpc) is 3.12. The lowest BCUT2D eigenvalue weighted by Gasteiger charge is -2.19. The molecule has 0 spiro atoms. The van der Waals surface area contributed by atoms with Crippen LogP contribution in [0, 0.1) is 0 Å². The van der Waals surface area contributed by atoms with Crippen molar-refractivity contribution in [2.24, 2.45) is 0 Å². The van der Waals surface area contributed by atoms with Gasteiger partial charge in [0.05, 0.1) is 19.3 Å². The summed E-state index contributed by atoms with van der Waals surface area (Å²) in [4.78, 5) is 12.5. The minimum atomic E-state index is -2.02. The third-order valence-electron chi connectivity index (χ3n) is 4.43. The van der Waals surface area contributed by atoms with E-state index in [0.717, 1.165) is 16.5 Å². The van der Waals surface area contributed by atoms with E-state index in [1.165, 1.54) is 0 Å². The molecule has 0 aliphatic rings. The highest BCUT2D eigenvalue weighted by molar-refractivity contribution is 6.32. The second-order valence-corrected chi connectivity index (χ2v) is 6.73. The summed E-state index contributed by atoms with van der Waals surface area (Å²) in [6.07, 6.45) is 1.46. The quantitative estimate of drug-likeness (QED) is 0.213. The monoisotopic (exact) mass is 413 g/mol. The summed E-state index contributed by atoms with van der Waals surface area (Å²) in [5.74, 6) is 0.325. The lowest BCUT2D eigenvalue weighted by molar-refractivity contribution is -0.123. The molecule has 9 heteroatoms. The van der Waals surface area contributed by atoms with E-state index in [9.17, 15) is 14.8 Å². The number of aliphatic hydroxyl groups excluding tert-OH is 1. The Bertz CT molecular complexity index is 942. The maximum atomic E-state index is 12.5. The lowest BCUT2D eigenvalue weighted by Crippen LogP contribution is -2.43. The number of nitrogens with one attached hydrogen (secondary N) is 1. The molecule has 4 N–H and O–H groups in total. The first-order chi connectivity index (χ1) is 14.5. The molecule has 1 aromatic heterocycles. The minimum Gasteiger partial charge on any atom is -0.494 e. The second-order valence-electron chi connectivity index (χ2n) is 6.73. The Labute approximate surface area is 174 Å². The van der Waals surface area contributed by atoms with Gasteiger partial charge in [0.25, 0.3) is 0 Å². The maximum absolute atomic E-state index is 12.5. The van der Waals surface area contributed by atoms with Crippen LogP contribution in [-0.4, -0.2) is 47.8 Å². The zero-order chi connectivity index (χ0) is 21.3. The number of aliphatic hydroxyl groups is 1. The van der Waals surface area contributed by atoms with Gasteiger partial charge in [-0.25, -0.2) is 0 Å². The van der Waals surface area contributed by atoms with Gasteiger partial charge in [-0.15, -0.1) is 0 Å². The van der Waals surface area contributed by atoms with Crippen molar-refractivity contribution in [2.75, 3.05) is 13.2 Å². The van der Waals surface area contributed by atoms with Crippen LogP contribution in [0.5, 0.6) is 5.75 Å². The van der Waals surface area contributed by atoms with Gasteiger partial charge < -0.3 is 34.3 Å². The van der Waals surface area contributed by atoms with E-state index in [4.69, 9.17) is 18.9 Å². The lowest BCUT2D eigenvalue weighted by atomic mass is 10.1. The average molecular weight is 413 g/mol. The fourth-order valence-corrected chi connectivity index (χ4v) is 3.04. The predicted octanol–water partition coefficient (Wildman–Crippen LogP) is 1.41. The van der Waals surface area contributed by atoms with Crippen molar-refractivity contribution in [3.05, 3.63) is 65.9 Å². The van der Waals surface area contributed by atoms with Crippen LogP contribution in [0.1, 0.15) is 17.5 Å². The molecule has 3 aromatic rings. The van der Waals surface area contributed by atoms with Crippen LogP contribution >= 0.6 is 0 Å². The maximum Gasteiger partial charge on any atom is 0.635 e. The zero-order valence-corrected chi connectivity index (χ0v) is 16.4. The molecule has 1 atom stereocenters. The number of furan rings is 1. The molecule has 3 rings (SSSR count). The smallest absolute Gasteiger partial charge is 0.494 e. The fraction of sp³-hybridized carbons (Fsp3) is 0.286. The Morgan fingerprint density at radius 1 is 1.13 bits per heavy atom. The summed E-state index contributed by atoms with van der Waals surface area (Å²) < 4.78 is 16.0. The molecule has 30 heavy (non-hydrogen) atoms. The Balaban J connectivity index is 1.59. The number of benzene rings is 2. The Morgan fingerprint density at radius 3 is 2.63 bits per heavy atom. The topological polar surface area (TPSA) is 121 Å². The van der Waals surface area contributed by atoms with Gasteiger partial charge in [0, 0.05) is 30.4 Å². The van der Waals surface area contributed by atoms with E-state index in [2.05, 4.69) is 5.32 Å². The van der Waals surface area contributed by atoms with Crippen molar-refractivity contribution in [1.82, 2.24) is 5.32 Å². The van der Waals surface area contributed by atoms with E-state index in [-0.39, 0.29) is 25.4 Å². The van der Waals surface area contributed by atoms with Crippen molar-refractivity contribution in [3.8, 4) is 5.75 Å². The summed E-state index contributed by atoms with van der Waals surface area (Å²) >= 11 is 0. The van der Waals surface area contributed by atoms with Crippen molar-refractivity contribution in [2.45, 2.75) is 25.5 Å². The van der Waals surface area contributed by atoms with Gasteiger partial charge in [-0.2, -0.15) is 0 Å². The van der Waals surface area contributed by atoms with Gasteiger partial charge in [-0.3, -0.25) is 4.79 Å². The number of hydrogen-bond acceptors (Lipinski definition) is 7. The molecule has 0 radical (unpaired) electrons. The number of ether oxygens (including phenoxy) is 1. The molecule has 0 saturated heterocycles. The summed E-state index contributed by atoms with van der Waals surface area (Å²) in [5.41, 5.74) is 2.24. The Morgan fingerprint density at radius 2 is 1.90 bits per heavy atom. The third kappa shape index (κ3) is 6.33. The molecule has 0 unspecified atom stereocenters. The minimum absolute atomic E-state index is 0.0681. The SMILES string of the molecule is O=C(Cc1ccc(OCCCO)cc1)N[C@@H](Cc1coc2ccccc12)OB(O)O. The molecule has 2 aromatic carbocycles. The Hall–Kier alpha value is -2.85. The van der Waals surface area contributed by atoms with Crippen molar-refractivity contribution < 1.29 is 33.8 Å². The molecule has 0 aliphatic heterocycles. The highest BCUT2D eigenvalue weighted by Gasteiger charge is 2.22. The molecule has 1 amide bonds. The number of carbonyl (C=O) groups excluding carboxylic acids is 1. The van der Waals surface area contributed by atoms with E-state index < -0.39 is 13.5 Å². The molecule has 0 bridgehead atoms. The van der Waals surface area contributed by atoms with Gasteiger partial charge in [0.15, 0.2) is 0 Å². The van der Waals surface area contributed by atoms with E-state index in [0.29, 0.717) is 24.4 Å². The summed E-state index contributed by atoms with van der Waals surface area (Å²) in [6.45, 7) is 0.486. The van der Waals surface area contributed by atoms with Gasteiger partial charge in [0.1, 0.15) is 17.6 Å². The van der Waals surface area contributed by atoms with Gasteiger partial charge in [-0.1, -0.05) is 30.3 Å². The van der Waals surface area contributed by atoms with Crippen molar-refractivity contribution in [1.29, 1.82) is 0 Å². The van der Waals surface area contributed by atoms with E-state index >= 15 is 0 Å². The molecule has 0 fully saturated rings. The number of fused-ring (bicyclic) bond motifs is 1. The van der Waals surface area contributed by atoms with Gasteiger partial charge in [0.2, 0.25) is 5.91 Å². The number of rotatable bonds is 11. The van der Waals surface area contributed by atoms with Crippen molar-refractivity contribution >= 4 is 24.2 Å². The molecular weight excluding hydrogens is 389 g/mol. The largest absolute Gasteiger partial charge is 0.635 e. The van der Waals surface area contributed by atoms with Crippen LogP contribution in [0.3, 0.4) is 0 Å². The van der Waals surface area contributed by atoms with Crippen molar-refractivity contribution in [3.63, 3.8) is 0 Å². The highest BCUT2D eigenvalue weighted by Crippen LogP contribution is 2.22. The van der Waals surface area contributed by atoms with Crippen LogP contribution in [0.15, 0.2) is 59.2 Å². The molecular formula is C21H24BNO7. The van der Waals surface area contributed by atoms with Crippen LogP contribution in [0.2, 0.25) is 0 Å². The molecule has 1 heterocycles. The van der Waals surface area contributed by atoms with Crippen LogP contribution < -0.4 is 10.1 Å². The van der Waals surface area contributed by atoms with Crippen LogP contribution in [0.4, 0.5) is 0 Å². The van der Waals surface area contributed by atoms with E-state index in [1.807, 2.05) is 24.3 Å². The van der Waals surface area contributed by atoms with Crippen LogP contribution in [-0.2, 0) is 22.3 Å². The fourth-order valence-electron chi connectivity index (χ4n) is 3.04. The van der Waals surface area contributed by atoms with Crippen LogP contribution in [0.25, 0.3) is 11.0 Å². The highest BCUT2D eigenvalue weighted by atomic mass is 16.6. The predicted molar refractivity (Wildman–Crippen MR) is 110 cm³/mol. The first-order valence-electron chi connectivity index (χ1n) is 9.64. The summed E-state index contributed by atoms with van der Waals surface area (Å²) in [6, 6.07) is 14.5. The van der Waals surface area contributed by atoms with Gasteiger partial charge in [-0.05, 0) is 23.8 Å². The van der Waals surface area contributed by atoms with Gasteiger partial charge >= 0.3 is 7.32 Å². The Kier molecular flexibility index (Phi) is 7.86. The summed E-state index contributed by atoms with van der Waals surface area (Å²) in [7, 11) is -2.02. The number of hydrogen-bond donors (Lipinski definition) is 4. The first kappa shape index (κ1) is 21.9. The third-order valence-corrected chi connectivity index (χ3v) is 4.43. The second kappa shape index (κ2) is 10.8. The first-order valence-corrected chi connectivity index (χ1v) is 9.64. The molecule has 0 saturated carbocycles. The van der Waals surface area contributed by atoms with E-state index in [1.54, 1.807) is 30.5 Å². The zero-order valence-electron chi connectivity index (χ0n) is 16.4. The normalized spacial score (nSPS) is 12.0.